The molecule has 3 heterocycles. The standard InChI is InChI=1S/C20H22ClN3O2/c1-13-8-18-16(10-17(13)21)15(12-26-18)9-19(25)24-6-3-4-14(11-24)20-22-5-7-23(20)2/h5,7-8,10,12,14H,3-4,6,9,11H2,1-2H3/t14-/m0/s1. The van der Waals surface area contributed by atoms with Crippen molar-refractivity contribution in [1.29, 1.82) is 0 Å². The molecular weight excluding hydrogens is 350 g/mol. The number of furan rings is 1. The summed E-state index contributed by atoms with van der Waals surface area (Å²) in [5, 5.41) is 1.62. The van der Waals surface area contributed by atoms with Crippen LogP contribution in [0.3, 0.4) is 0 Å². The molecule has 1 saturated heterocycles. The van der Waals surface area contributed by atoms with E-state index >= 15 is 0 Å². The first-order valence-corrected chi connectivity index (χ1v) is 9.32. The number of nitrogens with zero attached hydrogens (tertiary/aromatic N) is 3. The summed E-state index contributed by atoms with van der Waals surface area (Å²) in [7, 11) is 2.01. The Bertz CT molecular complexity index is 959. The molecule has 0 spiro atoms. The van der Waals surface area contributed by atoms with Gasteiger partial charge in [0.05, 0.1) is 12.7 Å². The number of rotatable bonds is 3. The quantitative estimate of drug-likeness (QED) is 0.697. The summed E-state index contributed by atoms with van der Waals surface area (Å²) < 4.78 is 7.67. The number of amides is 1. The number of likely N-dealkylation sites (tertiary alicyclic amines) is 1. The van der Waals surface area contributed by atoms with Crippen LogP contribution >= 0.6 is 11.6 Å². The number of carbonyl (C=O) groups is 1. The Balaban J connectivity index is 1.51. The molecule has 1 amide bonds. The Morgan fingerprint density at radius 1 is 1.42 bits per heavy atom. The summed E-state index contributed by atoms with van der Waals surface area (Å²) in [6, 6.07) is 3.81. The van der Waals surface area contributed by atoms with Gasteiger partial charge in [0.2, 0.25) is 5.91 Å². The number of aromatic nitrogens is 2. The van der Waals surface area contributed by atoms with Gasteiger partial charge in [-0.05, 0) is 37.5 Å². The van der Waals surface area contributed by atoms with E-state index in [1.807, 2.05) is 48.0 Å². The Labute approximate surface area is 157 Å². The first-order valence-electron chi connectivity index (χ1n) is 8.94. The van der Waals surface area contributed by atoms with Crippen LogP contribution in [0.25, 0.3) is 11.0 Å². The average Bonchev–Trinajstić information content (AvgIpc) is 3.22. The average molecular weight is 372 g/mol. The third-order valence-corrected chi connectivity index (χ3v) is 5.68. The number of imidazole rings is 1. The summed E-state index contributed by atoms with van der Waals surface area (Å²) >= 11 is 6.25. The van der Waals surface area contributed by atoms with E-state index in [9.17, 15) is 4.79 Å². The number of carbonyl (C=O) groups excluding carboxylic acids is 1. The largest absolute Gasteiger partial charge is 0.464 e. The Morgan fingerprint density at radius 2 is 2.27 bits per heavy atom. The molecule has 0 N–H and O–H groups in total. The van der Waals surface area contributed by atoms with Crippen molar-refractivity contribution in [3.8, 4) is 0 Å². The van der Waals surface area contributed by atoms with Crippen LogP contribution in [-0.4, -0.2) is 33.4 Å². The number of benzene rings is 1. The molecule has 26 heavy (non-hydrogen) atoms. The van der Waals surface area contributed by atoms with Crippen LogP contribution in [-0.2, 0) is 18.3 Å². The summed E-state index contributed by atoms with van der Waals surface area (Å²) in [5.41, 5.74) is 2.64. The van der Waals surface area contributed by atoms with Gasteiger partial charge in [-0.25, -0.2) is 4.98 Å². The highest BCUT2D eigenvalue weighted by Gasteiger charge is 2.27. The molecule has 0 aliphatic carbocycles. The lowest BCUT2D eigenvalue weighted by atomic mass is 9.96. The number of fused-ring (bicyclic) bond motifs is 1. The molecule has 2 aromatic heterocycles. The van der Waals surface area contributed by atoms with E-state index in [1.54, 1.807) is 6.26 Å². The minimum atomic E-state index is 0.128. The number of halogens is 1. The predicted octanol–water partition coefficient (Wildman–Crippen LogP) is 4.08. The van der Waals surface area contributed by atoms with Crippen LogP contribution in [0.5, 0.6) is 0 Å². The monoisotopic (exact) mass is 371 g/mol. The van der Waals surface area contributed by atoms with Crippen molar-refractivity contribution in [2.75, 3.05) is 13.1 Å². The van der Waals surface area contributed by atoms with Gasteiger partial charge in [0.25, 0.3) is 0 Å². The van der Waals surface area contributed by atoms with Crippen molar-refractivity contribution in [2.24, 2.45) is 7.05 Å². The minimum absolute atomic E-state index is 0.128. The van der Waals surface area contributed by atoms with Gasteiger partial charge in [-0.15, -0.1) is 0 Å². The molecule has 1 aromatic carbocycles. The third-order valence-electron chi connectivity index (χ3n) is 5.27. The molecule has 5 nitrogen and oxygen atoms in total. The fourth-order valence-electron chi connectivity index (χ4n) is 3.80. The van der Waals surface area contributed by atoms with E-state index < -0.39 is 0 Å². The van der Waals surface area contributed by atoms with Crippen LogP contribution in [0.4, 0.5) is 0 Å². The van der Waals surface area contributed by atoms with Crippen LogP contribution in [0, 0.1) is 6.92 Å². The van der Waals surface area contributed by atoms with Gasteiger partial charge in [0.15, 0.2) is 0 Å². The molecule has 0 unspecified atom stereocenters. The first kappa shape index (κ1) is 17.2. The second kappa shape index (κ2) is 6.80. The van der Waals surface area contributed by atoms with E-state index in [1.165, 1.54) is 0 Å². The fraction of sp³-hybridized carbons (Fsp3) is 0.400. The van der Waals surface area contributed by atoms with Gasteiger partial charge >= 0.3 is 0 Å². The molecule has 4 rings (SSSR count). The molecule has 0 radical (unpaired) electrons. The highest BCUT2D eigenvalue weighted by atomic mass is 35.5. The van der Waals surface area contributed by atoms with Crippen molar-refractivity contribution in [3.05, 3.63) is 52.8 Å². The Morgan fingerprint density at radius 3 is 3.04 bits per heavy atom. The molecule has 1 aliphatic heterocycles. The van der Waals surface area contributed by atoms with E-state index in [2.05, 4.69) is 4.98 Å². The van der Waals surface area contributed by atoms with Gasteiger partial charge in [-0.1, -0.05) is 11.6 Å². The molecule has 1 aliphatic rings. The summed E-state index contributed by atoms with van der Waals surface area (Å²) in [4.78, 5) is 19.3. The van der Waals surface area contributed by atoms with Gasteiger partial charge in [-0.3, -0.25) is 4.79 Å². The molecule has 0 bridgehead atoms. The predicted molar refractivity (Wildman–Crippen MR) is 101 cm³/mol. The van der Waals surface area contributed by atoms with Crippen molar-refractivity contribution in [1.82, 2.24) is 14.5 Å². The zero-order valence-corrected chi connectivity index (χ0v) is 15.8. The summed E-state index contributed by atoms with van der Waals surface area (Å²) in [6.45, 7) is 3.47. The van der Waals surface area contributed by atoms with Gasteiger partial charge in [-0.2, -0.15) is 0 Å². The van der Waals surface area contributed by atoms with E-state index in [0.717, 1.165) is 53.9 Å². The molecular formula is C20H22ClN3O2. The second-order valence-corrected chi connectivity index (χ2v) is 7.52. The maximum Gasteiger partial charge on any atom is 0.227 e. The topological polar surface area (TPSA) is 51.3 Å². The Kier molecular flexibility index (Phi) is 4.49. The molecule has 1 atom stereocenters. The summed E-state index contributed by atoms with van der Waals surface area (Å²) in [5.74, 6) is 1.48. The zero-order valence-electron chi connectivity index (χ0n) is 15.0. The van der Waals surface area contributed by atoms with Gasteiger partial charge in [0.1, 0.15) is 11.4 Å². The number of hydrogen-bond donors (Lipinski definition) is 0. The summed E-state index contributed by atoms with van der Waals surface area (Å²) in [6.07, 6.45) is 7.86. The van der Waals surface area contributed by atoms with Crippen molar-refractivity contribution < 1.29 is 9.21 Å². The highest BCUT2D eigenvalue weighted by molar-refractivity contribution is 6.32. The fourth-order valence-corrected chi connectivity index (χ4v) is 3.96. The lowest BCUT2D eigenvalue weighted by Crippen LogP contribution is -2.40. The Hall–Kier alpha value is -2.27. The zero-order chi connectivity index (χ0) is 18.3. The van der Waals surface area contributed by atoms with E-state index in [4.69, 9.17) is 16.0 Å². The number of aryl methyl sites for hydroxylation is 2. The number of hydrogen-bond acceptors (Lipinski definition) is 3. The van der Waals surface area contributed by atoms with Crippen LogP contribution < -0.4 is 0 Å². The first-order chi connectivity index (χ1) is 12.5. The smallest absolute Gasteiger partial charge is 0.227 e. The van der Waals surface area contributed by atoms with Gasteiger partial charge < -0.3 is 13.9 Å². The lowest BCUT2D eigenvalue weighted by molar-refractivity contribution is -0.131. The molecule has 1 fully saturated rings. The minimum Gasteiger partial charge on any atom is -0.464 e. The molecule has 3 aromatic rings. The number of piperidine rings is 1. The van der Waals surface area contributed by atoms with E-state index in [-0.39, 0.29) is 5.91 Å². The van der Waals surface area contributed by atoms with E-state index in [0.29, 0.717) is 17.4 Å². The maximum absolute atomic E-state index is 12.9. The van der Waals surface area contributed by atoms with Crippen LogP contribution in [0.1, 0.15) is 35.7 Å². The highest BCUT2D eigenvalue weighted by Crippen LogP contribution is 2.29. The van der Waals surface area contributed by atoms with Crippen molar-refractivity contribution in [3.63, 3.8) is 0 Å². The van der Waals surface area contributed by atoms with Crippen LogP contribution in [0.15, 0.2) is 35.2 Å². The van der Waals surface area contributed by atoms with Crippen molar-refractivity contribution >= 4 is 28.5 Å². The maximum atomic E-state index is 12.9. The lowest BCUT2D eigenvalue weighted by Gasteiger charge is -2.32. The second-order valence-electron chi connectivity index (χ2n) is 7.11. The molecule has 6 heteroatoms. The van der Waals surface area contributed by atoms with Crippen LogP contribution in [0.2, 0.25) is 5.02 Å². The van der Waals surface area contributed by atoms with Gasteiger partial charge in [0, 0.05) is 54.4 Å². The van der Waals surface area contributed by atoms with Crippen molar-refractivity contribution in [2.45, 2.75) is 32.1 Å². The normalized spacial score (nSPS) is 17.8. The molecule has 136 valence electrons. The molecule has 0 saturated carbocycles. The SMILES string of the molecule is Cc1cc2occ(CC(=O)N3CCC[C@H](c4nccn4C)C3)c2cc1Cl. The third kappa shape index (κ3) is 3.12.